The van der Waals surface area contributed by atoms with Gasteiger partial charge in [-0.3, -0.25) is 4.79 Å². The Hall–Kier alpha value is -3.13. The van der Waals surface area contributed by atoms with Crippen LogP contribution in [0, 0.1) is 12.7 Å². The monoisotopic (exact) mass is 382 g/mol. The lowest BCUT2D eigenvalue weighted by Crippen LogP contribution is -2.12. The third-order valence-electron chi connectivity index (χ3n) is 3.99. The number of aromatic nitrogens is 3. The van der Waals surface area contributed by atoms with Crippen molar-refractivity contribution in [2.45, 2.75) is 19.8 Å². The molecule has 136 valence electrons. The van der Waals surface area contributed by atoms with Crippen molar-refractivity contribution >= 4 is 32.6 Å². The van der Waals surface area contributed by atoms with Crippen molar-refractivity contribution in [2.24, 2.45) is 0 Å². The Bertz CT molecular complexity index is 1090. The number of hydrogen-bond acceptors (Lipinski definition) is 6. The molecule has 1 amide bonds. The number of para-hydroxylation sites is 1. The average Bonchev–Trinajstić information content (AvgIpc) is 3.28. The third-order valence-corrected chi connectivity index (χ3v) is 4.94. The number of aryl methyl sites for hydroxylation is 2. The topological polar surface area (TPSA) is 80.9 Å². The summed E-state index contributed by atoms with van der Waals surface area (Å²) < 4.78 is 19.6. The summed E-state index contributed by atoms with van der Waals surface area (Å²) in [4.78, 5) is 20.8. The molecule has 2 aromatic heterocycles. The van der Waals surface area contributed by atoms with Crippen molar-refractivity contribution in [3.8, 4) is 11.4 Å². The molecule has 0 saturated carbocycles. The summed E-state index contributed by atoms with van der Waals surface area (Å²) in [7, 11) is 0. The number of benzene rings is 2. The van der Waals surface area contributed by atoms with E-state index in [0.29, 0.717) is 34.4 Å². The first-order chi connectivity index (χ1) is 13.1. The lowest BCUT2D eigenvalue weighted by molar-refractivity contribution is -0.116. The molecule has 2 heterocycles. The second-order valence-corrected chi connectivity index (χ2v) is 7.04. The van der Waals surface area contributed by atoms with Gasteiger partial charge in [-0.05, 0) is 42.8 Å². The van der Waals surface area contributed by atoms with E-state index in [9.17, 15) is 9.18 Å². The lowest BCUT2D eigenvalue weighted by atomic mass is 10.1. The Morgan fingerprint density at radius 2 is 2.07 bits per heavy atom. The molecule has 0 unspecified atom stereocenters. The largest absolute Gasteiger partial charge is 0.339 e. The molecule has 1 N–H and O–H groups in total. The first-order valence-corrected chi connectivity index (χ1v) is 9.15. The van der Waals surface area contributed by atoms with Crippen LogP contribution in [0.25, 0.3) is 21.6 Å². The summed E-state index contributed by atoms with van der Waals surface area (Å²) in [6.45, 7) is 1.67. The number of carbonyl (C=O) groups excluding carboxylic acids is 1. The van der Waals surface area contributed by atoms with Gasteiger partial charge in [0.2, 0.25) is 17.6 Å². The van der Waals surface area contributed by atoms with E-state index in [1.165, 1.54) is 17.4 Å². The summed E-state index contributed by atoms with van der Waals surface area (Å²) in [5.41, 5.74) is 2.03. The Morgan fingerprint density at radius 1 is 1.22 bits per heavy atom. The molecule has 0 radical (unpaired) electrons. The molecule has 4 rings (SSSR count). The minimum absolute atomic E-state index is 0.175. The summed E-state index contributed by atoms with van der Waals surface area (Å²) in [5, 5.41) is 7.25. The summed E-state index contributed by atoms with van der Waals surface area (Å²) in [6.07, 6.45) is 0.504. The molecule has 6 nitrogen and oxygen atoms in total. The van der Waals surface area contributed by atoms with E-state index in [2.05, 4.69) is 20.4 Å². The van der Waals surface area contributed by atoms with Crippen molar-refractivity contribution in [1.82, 2.24) is 15.1 Å². The van der Waals surface area contributed by atoms with E-state index in [-0.39, 0.29) is 18.1 Å². The Kier molecular flexibility index (Phi) is 4.64. The molecule has 2 aromatic carbocycles. The second kappa shape index (κ2) is 7.24. The molecule has 0 bridgehead atoms. The highest BCUT2D eigenvalue weighted by Crippen LogP contribution is 2.25. The smallest absolute Gasteiger partial charge is 0.227 e. The molecule has 0 spiro atoms. The molecule has 0 atom stereocenters. The van der Waals surface area contributed by atoms with Gasteiger partial charge < -0.3 is 9.84 Å². The third kappa shape index (κ3) is 3.85. The van der Waals surface area contributed by atoms with Crippen molar-refractivity contribution in [1.29, 1.82) is 0 Å². The normalized spacial score (nSPS) is 11.0. The quantitative estimate of drug-likeness (QED) is 0.554. The molecular weight excluding hydrogens is 367 g/mol. The Morgan fingerprint density at radius 3 is 2.89 bits per heavy atom. The van der Waals surface area contributed by atoms with Crippen molar-refractivity contribution in [2.75, 3.05) is 5.32 Å². The number of halogens is 1. The van der Waals surface area contributed by atoms with Crippen LogP contribution in [0.15, 0.2) is 47.0 Å². The van der Waals surface area contributed by atoms with Crippen LogP contribution in [-0.2, 0) is 11.2 Å². The fourth-order valence-corrected chi connectivity index (χ4v) is 3.47. The maximum atomic E-state index is 13.4. The number of anilines is 1. The van der Waals surface area contributed by atoms with Gasteiger partial charge in [-0.25, -0.2) is 9.37 Å². The molecule has 27 heavy (non-hydrogen) atoms. The van der Waals surface area contributed by atoms with Gasteiger partial charge in [0.15, 0.2) is 5.13 Å². The molecule has 0 aliphatic heterocycles. The van der Waals surface area contributed by atoms with E-state index in [4.69, 9.17) is 4.52 Å². The minimum atomic E-state index is -0.283. The van der Waals surface area contributed by atoms with E-state index in [1.54, 1.807) is 19.1 Å². The predicted molar refractivity (Wildman–Crippen MR) is 101 cm³/mol. The zero-order valence-corrected chi connectivity index (χ0v) is 15.2. The SMILES string of the molecule is Cc1cc(-c2noc(CCC(=O)Nc3nc4ccccc4s3)n2)ccc1F. The molecular formula is C19H15FN4O2S. The molecule has 0 fully saturated rings. The zero-order valence-electron chi connectivity index (χ0n) is 14.4. The van der Waals surface area contributed by atoms with Gasteiger partial charge in [0, 0.05) is 18.4 Å². The van der Waals surface area contributed by atoms with Gasteiger partial charge in [-0.15, -0.1) is 0 Å². The number of carbonyl (C=O) groups is 1. The van der Waals surface area contributed by atoms with Gasteiger partial charge in [0.05, 0.1) is 10.2 Å². The molecule has 4 aromatic rings. The summed E-state index contributed by atoms with van der Waals surface area (Å²) in [5.74, 6) is 0.270. The Labute approximate surface area is 158 Å². The summed E-state index contributed by atoms with van der Waals surface area (Å²) >= 11 is 1.43. The second-order valence-electron chi connectivity index (χ2n) is 6.01. The van der Waals surface area contributed by atoms with Gasteiger partial charge in [-0.1, -0.05) is 28.6 Å². The number of amides is 1. The van der Waals surface area contributed by atoms with Crippen LogP contribution in [0.1, 0.15) is 17.9 Å². The van der Waals surface area contributed by atoms with Gasteiger partial charge in [0.1, 0.15) is 5.82 Å². The van der Waals surface area contributed by atoms with Gasteiger partial charge in [-0.2, -0.15) is 4.98 Å². The number of nitrogens with one attached hydrogen (secondary N) is 1. The van der Waals surface area contributed by atoms with Crippen LogP contribution in [-0.4, -0.2) is 21.0 Å². The van der Waals surface area contributed by atoms with E-state index in [1.807, 2.05) is 24.3 Å². The van der Waals surface area contributed by atoms with E-state index >= 15 is 0 Å². The number of nitrogens with zero attached hydrogens (tertiary/aromatic N) is 3. The van der Waals surface area contributed by atoms with Crippen LogP contribution in [0.3, 0.4) is 0 Å². The van der Waals surface area contributed by atoms with Crippen LogP contribution < -0.4 is 5.32 Å². The molecule has 8 heteroatoms. The Balaban J connectivity index is 1.37. The highest BCUT2D eigenvalue weighted by Gasteiger charge is 2.13. The van der Waals surface area contributed by atoms with Crippen LogP contribution in [0.5, 0.6) is 0 Å². The number of hydrogen-bond donors (Lipinski definition) is 1. The van der Waals surface area contributed by atoms with Crippen LogP contribution in [0.4, 0.5) is 9.52 Å². The molecule has 0 aliphatic carbocycles. The maximum absolute atomic E-state index is 13.4. The average molecular weight is 382 g/mol. The van der Waals surface area contributed by atoms with Gasteiger partial charge >= 0.3 is 0 Å². The highest BCUT2D eigenvalue weighted by molar-refractivity contribution is 7.22. The summed E-state index contributed by atoms with van der Waals surface area (Å²) in [6, 6.07) is 12.3. The van der Waals surface area contributed by atoms with Gasteiger partial charge in [0.25, 0.3) is 0 Å². The van der Waals surface area contributed by atoms with Crippen molar-refractivity contribution in [3.63, 3.8) is 0 Å². The first-order valence-electron chi connectivity index (χ1n) is 8.33. The molecule has 0 saturated heterocycles. The van der Waals surface area contributed by atoms with Crippen LogP contribution in [0.2, 0.25) is 0 Å². The van der Waals surface area contributed by atoms with Crippen LogP contribution >= 0.6 is 11.3 Å². The maximum Gasteiger partial charge on any atom is 0.227 e. The predicted octanol–water partition coefficient (Wildman–Crippen LogP) is 4.37. The standard InChI is InChI=1S/C19H15FN4O2S/c1-11-10-12(6-7-13(11)20)18-23-17(26-24-18)9-8-16(25)22-19-21-14-4-2-3-5-15(14)27-19/h2-7,10H,8-9H2,1H3,(H,21,22,25). The first kappa shape index (κ1) is 17.3. The minimum Gasteiger partial charge on any atom is -0.339 e. The number of fused-ring (bicyclic) bond motifs is 1. The fourth-order valence-electron chi connectivity index (χ4n) is 2.59. The lowest BCUT2D eigenvalue weighted by Gasteiger charge is -1.99. The van der Waals surface area contributed by atoms with Crippen molar-refractivity contribution < 1.29 is 13.7 Å². The fraction of sp³-hybridized carbons (Fsp3) is 0.158. The number of rotatable bonds is 5. The van der Waals surface area contributed by atoms with Crippen molar-refractivity contribution in [3.05, 3.63) is 59.7 Å². The highest BCUT2D eigenvalue weighted by atomic mass is 32.1. The number of thiazole rings is 1. The zero-order chi connectivity index (χ0) is 18.8. The molecule has 0 aliphatic rings. The van der Waals surface area contributed by atoms with E-state index in [0.717, 1.165) is 10.2 Å². The van der Waals surface area contributed by atoms with E-state index < -0.39 is 0 Å².